The molecule has 168 valence electrons. The third-order valence-electron chi connectivity index (χ3n) is 6.43. The predicted molar refractivity (Wildman–Crippen MR) is 115 cm³/mol. The van der Waals surface area contributed by atoms with E-state index < -0.39 is 17.3 Å². The summed E-state index contributed by atoms with van der Waals surface area (Å²) in [5.74, 6) is -0.403. The molecular weight excluding hydrogens is 430 g/mol. The van der Waals surface area contributed by atoms with E-state index in [1.165, 1.54) is 0 Å². The van der Waals surface area contributed by atoms with Crippen LogP contribution < -0.4 is 10.5 Å². The lowest BCUT2D eigenvalue weighted by Crippen LogP contribution is -2.32. The second kappa shape index (κ2) is 7.48. The van der Waals surface area contributed by atoms with Gasteiger partial charge < -0.3 is 19.9 Å². The van der Waals surface area contributed by atoms with Crippen LogP contribution in [0.15, 0.2) is 47.7 Å². The van der Waals surface area contributed by atoms with E-state index in [9.17, 15) is 8.78 Å². The van der Waals surface area contributed by atoms with Crippen molar-refractivity contribution in [1.29, 1.82) is 0 Å². The quantitative estimate of drug-likeness (QED) is 0.593. The van der Waals surface area contributed by atoms with Crippen molar-refractivity contribution < 1.29 is 23.0 Å². The number of hydrogen-bond acceptors (Lipinski definition) is 7. The number of aromatic nitrogens is 2. The highest BCUT2D eigenvalue weighted by Crippen LogP contribution is 2.52. The fourth-order valence-electron chi connectivity index (χ4n) is 4.80. The normalized spacial score (nSPS) is 23.3. The number of rotatable bonds is 2. The van der Waals surface area contributed by atoms with Crippen molar-refractivity contribution in [3.05, 3.63) is 71.3 Å². The maximum absolute atomic E-state index is 14.5. The molecule has 0 bridgehead atoms. The van der Waals surface area contributed by atoms with Gasteiger partial charge in [0.25, 0.3) is 6.02 Å². The summed E-state index contributed by atoms with van der Waals surface area (Å²) in [7, 11) is 0. The van der Waals surface area contributed by atoms with Crippen molar-refractivity contribution in [3.63, 3.8) is 0 Å². The number of benzene rings is 1. The molecule has 1 aromatic carbocycles. The van der Waals surface area contributed by atoms with Gasteiger partial charge in [0.15, 0.2) is 11.3 Å². The maximum atomic E-state index is 14.5. The minimum atomic E-state index is -1.02. The van der Waals surface area contributed by atoms with Crippen LogP contribution in [0, 0.1) is 11.8 Å². The highest BCUT2D eigenvalue weighted by molar-refractivity contribution is 5.78. The summed E-state index contributed by atoms with van der Waals surface area (Å²) >= 11 is 0. The van der Waals surface area contributed by atoms with Crippen LogP contribution in [0.5, 0.6) is 11.5 Å². The Bertz CT molecular complexity index is 1270. The molecule has 3 aromatic rings. The van der Waals surface area contributed by atoms with Crippen molar-refractivity contribution in [3.8, 4) is 22.6 Å². The summed E-state index contributed by atoms with van der Waals surface area (Å²) in [5.41, 5.74) is 7.26. The molecule has 1 spiro atoms. The summed E-state index contributed by atoms with van der Waals surface area (Å²) in [6.45, 7) is 1.48. The molecule has 0 aliphatic carbocycles. The van der Waals surface area contributed by atoms with Gasteiger partial charge in [0.2, 0.25) is 5.95 Å². The Labute approximate surface area is 188 Å². The second-order valence-electron chi connectivity index (χ2n) is 8.39. The zero-order valence-electron chi connectivity index (χ0n) is 17.6. The lowest BCUT2D eigenvalue weighted by atomic mass is 9.80. The van der Waals surface area contributed by atoms with Gasteiger partial charge in [-0.05, 0) is 42.7 Å². The van der Waals surface area contributed by atoms with Crippen LogP contribution in [-0.4, -0.2) is 35.8 Å². The molecule has 9 heteroatoms. The monoisotopic (exact) mass is 450 g/mol. The Morgan fingerprint density at radius 1 is 1.06 bits per heavy atom. The summed E-state index contributed by atoms with van der Waals surface area (Å²) < 4.78 is 46.3. The first-order chi connectivity index (χ1) is 16.0. The zero-order chi connectivity index (χ0) is 22.6. The molecule has 2 N–H and O–H groups in total. The van der Waals surface area contributed by atoms with Crippen LogP contribution >= 0.6 is 0 Å². The lowest BCUT2D eigenvalue weighted by Gasteiger charge is -2.34. The molecule has 1 fully saturated rings. The van der Waals surface area contributed by atoms with Crippen LogP contribution in [0.1, 0.15) is 35.6 Å². The summed E-state index contributed by atoms with van der Waals surface area (Å²) in [5, 5.41) is 0. The smallest absolute Gasteiger partial charge is 0.283 e. The standard InChI is InChI=1S/C24H20F2N4O3/c25-17-5-6-28-22(26)21(17)13-3-4-19-15(8-13)24(12-32-23(27)30-24)16-9-18(29-10-20(16)33-19)14-2-1-7-31-11-14/h3-6,8-10,14H,1-2,7,11-12H2,(H2,27,30)/t14-,24+/m1/s1. The molecule has 5 heterocycles. The molecule has 0 amide bonds. The average molecular weight is 450 g/mol. The molecule has 3 aliphatic heterocycles. The number of nitrogens with two attached hydrogens (primary N) is 1. The van der Waals surface area contributed by atoms with Crippen molar-refractivity contribution >= 4 is 6.02 Å². The fourth-order valence-corrected chi connectivity index (χ4v) is 4.80. The molecule has 2 atom stereocenters. The Morgan fingerprint density at radius 3 is 2.70 bits per heavy atom. The Hall–Kier alpha value is -3.59. The van der Waals surface area contributed by atoms with E-state index in [-0.39, 0.29) is 24.1 Å². The van der Waals surface area contributed by atoms with E-state index in [0.29, 0.717) is 29.2 Å². The van der Waals surface area contributed by atoms with Crippen LogP contribution in [-0.2, 0) is 15.0 Å². The highest BCUT2D eigenvalue weighted by Gasteiger charge is 2.47. The molecular formula is C24H20F2N4O3. The van der Waals surface area contributed by atoms with Gasteiger partial charge in [-0.15, -0.1) is 0 Å². The van der Waals surface area contributed by atoms with E-state index in [2.05, 4.69) is 15.0 Å². The van der Waals surface area contributed by atoms with Gasteiger partial charge in [0.05, 0.1) is 18.4 Å². The van der Waals surface area contributed by atoms with E-state index in [4.69, 9.17) is 19.9 Å². The number of ether oxygens (including phenoxy) is 3. The third kappa shape index (κ3) is 3.14. The van der Waals surface area contributed by atoms with E-state index in [1.54, 1.807) is 24.4 Å². The van der Waals surface area contributed by atoms with Crippen LogP contribution in [0.25, 0.3) is 11.1 Å². The first-order valence-corrected chi connectivity index (χ1v) is 10.7. The first-order valence-electron chi connectivity index (χ1n) is 10.7. The van der Waals surface area contributed by atoms with E-state index >= 15 is 0 Å². The molecule has 0 radical (unpaired) electrons. The lowest BCUT2D eigenvalue weighted by molar-refractivity contribution is 0.0792. The van der Waals surface area contributed by atoms with Crippen LogP contribution in [0.3, 0.4) is 0 Å². The number of aliphatic imine (C=N–C) groups is 1. The van der Waals surface area contributed by atoms with Gasteiger partial charge in [-0.1, -0.05) is 6.07 Å². The Morgan fingerprint density at radius 2 is 1.94 bits per heavy atom. The number of halogens is 2. The second-order valence-corrected chi connectivity index (χ2v) is 8.39. The molecule has 0 saturated carbocycles. The minimum Gasteiger partial charge on any atom is -0.462 e. The zero-order valence-corrected chi connectivity index (χ0v) is 17.6. The van der Waals surface area contributed by atoms with Gasteiger partial charge in [0.1, 0.15) is 18.2 Å². The molecule has 2 aromatic heterocycles. The average Bonchev–Trinajstić information content (AvgIpc) is 3.22. The van der Waals surface area contributed by atoms with Crippen LogP contribution in [0.2, 0.25) is 0 Å². The predicted octanol–water partition coefficient (Wildman–Crippen LogP) is 4.01. The van der Waals surface area contributed by atoms with Crippen molar-refractivity contribution in [1.82, 2.24) is 9.97 Å². The highest BCUT2D eigenvalue weighted by atomic mass is 19.1. The van der Waals surface area contributed by atoms with E-state index in [1.807, 2.05) is 6.07 Å². The summed E-state index contributed by atoms with van der Waals surface area (Å²) in [4.78, 5) is 12.9. The number of fused-ring (bicyclic) bond motifs is 4. The van der Waals surface area contributed by atoms with Crippen molar-refractivity contribution in [2.45, 2.75) is 24.3 Å². The fraction of sp³-hybridized carbons (Fsp3) is 0.292. The molecule has 1 saturated heterocycles. The Balaban J connectivity index is 1.52. The molecule has 33 heavy (non-hydrogen) atoms. The topological polar surface area (TPSA) is 91.9 Å². The SMILES string of the molecule is NC1=N[C@@]2(CO1)c1cc(-c3c(F)ccnc3F)ccc1Oc1cnc([C@@H]3CCCOC3)cc12. The van der Waals surface area contributed by atoms with Gasteiger partial charge in [-0.3, -0.25) is 4.98 Å². The van der Waals surface area contributed by atoms with Gasteiger partial charge >= 0.3 is 0 Å². The molecule has 6 rings (SSSR count). The summed E-state index contributed by atoms with van der Waals surface area (Å²) in [6, 6.07) is 8.03. The molecule has 3 aliphatic rings. The van der Waals surface area contributed by atoms with Crippen LogP contribution in [0.4, 0.5) is 8.78 Å². The summed E-state index contributed by atoms with van der Waals surface area (Å²) in [6.07, 6.45) is 4.71. The van der Waals surface area contributed by atoms with Crippen molar-refractivity contribution in [2.24, 2.45) is 10.7 Å². The maximum Gasteiger partial charge on any atom is 0.283 e. The number of hydrogen-bond donors (Lipinski definition) is 1. The van der Waals surface area contributed by atoms with Gasteiger partial charge in [-0.25, -0.2) is 14.4 Å². The molecule has 0 unspecified atom stereocenters. The molecule has 7 nitrogen and oxygen atoms in total. The first kappa shape index (κ1) is 20.0. The minimum absolute atomic E-state index is 0.0392. The third-order valence-corrected chi connectivity index (χ3v) is 6.43. The van der Waals surface area contributed by atoms with E-state index in [0.717, 1.165) is 43.0 Å². The largest absolute Gasteiger partial charge is 0.462 e. The van der Waals surface area contributed by atoms with Gasteiger partial charge in [0, 0.05) is 35.5 Å². The van der Waals surface area contributed by atoms with Gasteiger partial charge in [-0.2, -0.15) is 4.39 Å². The van der Waals surface area contributed by atoms with Crippen molar-refractivity contribution in [2.75, 3.05) is 19.8 Å². The Kier molecular flexibility index (Phi) is 4.55. The number of pyridine rings is 2. The number of nitrogens with zero attached hydrogens (tertiary/aromatic N) is 3. The number of amidine groups is 1.